The number of aliphatic hydroxyl groups is 1. The highest BCUT2D eigenvalue weighted by Crippen LogP contribution is 2.28. The third-order valence-electron chi connectivity index (χ3n) is 2.94. The summed E-state index contributed by atoms with van der Waals surface area (Å²) in [5.41, 5.74) is 0.775. The van der Waals surface area contributed by atoms with Gasteiger partial charge in [0.2, 0.25) is 0 Å². The van der Waals surface area contributed by atoms with Gasteiger partial charge in [0.15, 0.2) is 0 Å². The first-order chi connectivity index (χ1) is 7.61. The summed E-state index contributed by atoms with van der Waals surface area (Å²) in [6, 6.07) is 6.44. The quantitative estimate of drug-likeness (QED) is 0.783. The topological polar surface area (TPSA) is 47.3 Å². The number of nitriles is 1. The number of rotatable bonds is 1. The summed E-state index contributed by atoms with van der Waals surface area (Å²) in [4.78, 5) is 1.83. The maximum Gasteiger partial charge on any atom is 0.147 e. The van der Waals surface area contributed by atoms with Gasteiger partial charge in [0.05, 0.1) is 23.4 Å². The molecule has 0 bridgehead atoms. The Morgan fingerprint density at radius 2 is 2.31 bits per heavy atom. The van der Waals surface area contributed by atoms with E-state index in [4.69, 9.17) is 5.26 Å². The van der Waals surface area contributed by atoms with Gasteiger partial charge in [0.25, 0.3) is 0 Å². The summed E-state index contributed by atoms with van der Waals surface area (Å²) in [5, 5.41) is 18.1. The second-order valence-electron chi connectivity index (χ2n) is 4.17. The number of β-amino-alcohol motifs (C(OH)–C–C–N with tert-alkyl or cyclic N) is 1. The van der Waals surface area contributed by atoms with E-state index in [9.17, 15) is 9.50 Å². The van der Waals surface area contributed by atoms with Crippen molar-refractivity contribution >= 4 is 5.69 Å². The molecular formula is C12H13FN2O. The van der Waals surface area contributed by atoms with E-state index in [-0.39, 0.29) is 6.04 Å². The molecule has 0 saturated carbocycles. The molecule has 4 heteroatoms. The van der Waals surface area contributed by atoms with Gasteiger partial charge in [-0.1, -0.05) is 0 Å². The van der Waals surface area contributed by atoms with Gasteiger partial charge in [-0.05, 0) is 31.5 Å². The summed E-state index contributed by atoms with van der Waals surface area (Å²) < 4.78 is 13.7. The summed E-state index contributed by atoms with van der Waals surface area (Å²) in [6.07, 6.45) is 0.254. The first-order valence-electron chi connectivity index (χ1n) is 5.26. The average Bonchev–Trinajstić information content (AvgIpc) is 2.57. The first-order valence-corrected chi connectivity index (χ1v) is 5.26. The minimum atomic E-state index is -0.403. The van der Waals surface area contributed by atoms with Crippen molar-refractivity contribution < 1.29 is 9.50 Å². The lowest BCUT2D eigenvalue weighted by molar-refractivity contribution is 0.195. The van der Waals surface area contributed by atoms with Crippen molar-refractivity contribution in [3.8, 4) is 6.07 Å². The average molecular weight is 220 g/mol. The zero-order valence-electron chi connectivity index (χ0n) is 9.02. The highest BCUT2D eigenvalue weighted by molar-refractivity contribution is 5.52. The van der Waals surface area contributed by atoms with Crippen LogP contribution in [-0.4, -0.2) is 23.8 Å². The summed E-state index contributed by atoms with van der Waals surface area (Å²) in [7, 11) is 0. The molecule has 2 rings (SSSR count). The smallest absolute Gasteiger partial charge is 0.147 e. The molecule has 1 heterocycles. The minimum Gasteiger partial charge on any atom is -0.391 e. The Bertz CT molecular complexity index is 441. The van der Waals surface area contributed by atoms with Gasteiger partial charge in [-0.2, -0.15) is 5.26 Å². The van der Waals surface area contributed by atoms with E-state index < -0.39 is 11.9 Å². The van der Waals surface area contributed by atoms with Crippen LogP contribution in [0.5, 0.6) is 0 Å². The Labute approximate surface area is 93.7 Å². The van der Waals surface area contributed by atoms with Crippen LogP contribution in [0.3, 0.4) is 0 Å². The van der Waals surface area contributed by atoms with Crippen molar-refractivity contribution in [2.75, 3.05) is 11.4 Å². The van der Waals surface area contributed by atoms with Crippen LogP contribution in [0.25, 0.3) is 0 Å². The van der Waals surface area contributed by atoms with Gasteiger partial charge in [-0.3, -0.25) is 0 Å². The third kappa shape index (κ3) is 1.86. The monoisotopic (exact) mass is 220 g/mol. The van der Waals surface area contributed by atoms with Crippen LogP contribution in [0.4, 0.5) is 10.1 Å². The zero-order chi connectivity index (χ0) is 11.7. The molecule has 1 N–H and O–H groups in total. The van der Waals surface area contributed by atoms with Gasteiger partial charge < -0.3 is 10.0 Å². The molecule has 84 valence electrons. The molecule has 3 nitrogen and oxygen atoms in total. The normalized spacial score (nSPS) is 24.5. The Balaban J connectivity index is 2.31. The number of aliphatic hydroxyl groups excluding tert-OH is 1. The van der Waals surface area contributed by atoms with E-state index in [2.05, 4.69) is 0 Å². The Morgan fingerprint density at radius 3 is 2.81 bits per heavy atom. The molecule has 1 aliphatic rings. The lowest BCUT2D eigenvalue weighted by Crippen LogP contribution is -2.28. The first kappa shape index (κ1) is 10.9. The fourth-order valence-corrected chi connectivity index (χ4v) is 2.15. The predicted molar refractivity (Wildman–Crippen MR) is 58.5 cm³/mol. The van der Waals surface area contributed by atoms with Crippen molar-refractivity contribution in [2.45, 2.75) is 25.5 Å². The molecule has 16 heavy (non-hydrogen) atoms. The molecule has 1 saturated heterocycles. The Hall–Kier alpha value is -1.60. The SMILES string of the molecule is C[C@H]1C[C@@H](O)CN1c1ccc(C#N)cc1F. The van der Waals surface area contributed by atoms with Crippen LogP contribution in [0, 0.1) is 17.1 Å². The fourth-order valence-electron chi connectivity index (χ4n) is 2.15. The number of hydrogen-bond donors (Lipinski definition) is 1. The molecule has 0 unspecified atom stereocenters. The third-order valence-corrected chi connectivity index (χ3v) is 2.94. The standard InChI is InChI=1S/C12H13FN2O/c1-8-4-10(16)7-15(8)12-3-2-9(6-14)5-11(12)13/h2-3,5,8,10,16H,4,7H2,1H3/t8-,10+/m0/s1. The number of hydrogen-bond acceptors (Lipinski definition) is 3. The molecular weight excluding hydrogens is 207 g/mol. The maximum atomic E-state index is 13.7. The van der Waals surface area contributed by atoms with Crippen LogP contribution < -0.4 is 4.90 Å². The van der Waals surface area contributed by atoms with Crippen LogP contribution in [0.2, 0.25) is 0 Å². The van der Waals surface area contributed by atoms with E-state index in [1.54, 1.807) is 12.1 Å². The maximum absolute atomic E-state index is 13.7. The Morgan fingerprint density at radius 1 is 1.56 bits per heavy atom. The highest BCUT2D eigenvalue weighted by Gasteiger charge is 2.29. The molecule has 2 atom stereocenters. The second-order valence-corrected chi connectivity index (χ2v) is 4.17. The Kier molecular flexibility index (Phi) is 2.80. The van der Waals surface area contributed by atoms with Crippen LogP contribution in [-0.2, 0) is 0 Å². The van der Waals surface area contributed by atoms with E-state index >= 15 is 0 Å². The van der Waals surface area contributed by atoms with Gasteiger partial charge >= 0.3 is 0 Å². The largest absolute Gasteiger partial charge is 0.391 e. The summed E-state index contributed by atoms with van der Waals surface area (Å²) in [5.74, 6) is -0.403. The summed E-state index contributed by atoms with van der Waals surface area (Å²) >= 11 is 0. The minimum absolute atomic E-state index is 0.123. The highest BCUT2D eigenvalue weighted by atomic mass is 19.1. The van der Waals surface area contributed by atoms with Crippen molar-refractivity contribution in [3.05, 3.63) is 29.6 Å². The van der Waals surface area contributed by atoms with E-state index in [1.165, 1.54) is 6.07 Å². The molecule has 1 aromatic carbocycles. The van der Waals surface area contributed by atoms with Gasteiger partial charge in [-0.25, -0.2) is 4.39 Å². The molecule has 0 radical (unpaired) electrons. The van der Waals surface area contributed by atoms with Crippen molar-refractivity contribution in [1.82, 2.24) is 0 Å². The van der Waals surface area contributed by atoms with Gasteiger partial charge in [0.1, 0.15) is 5.82 Å². The lowest BCUT2D eigenvalue weighted by atomic mass is 10.2. The molecule has 0 aromatic heterocycles. The summed E-state index contributed by atoms with van der Waals surface area (Å²) in [6.45, 7) is 2.40. The molecule has 0 amide bonds. The lowest BCUT2D eigenvalue weighted by Gasteiger charge is -2.23. The molecule has 1 aromatic rings. The van der Waals surface area contributed by atoms with Gasteiger partial charge in [0, 0.05) is 12.6 Å². The fraction of sp³-hybridized carbons (Fsp3) is 0.417. The zero-order valence-corrected chi connectivity index (χ0v) is 9.02. The van der Waals surface area contributed by atoms with E-state index in [0.717, 1.165) is 0 Å². The van der Waals surface area contributed by atoms with Crippen LogP contribution in [0.15, 0.2) is 18.2 Å². The van der Waals surface area contributed by atoms with Gasteiger partial charge in [-0.15, -0.1) is 0 Å². The van der Waals surface area contributed by atoms with Crippen molar-refractivity contribution in [3.63, 3.8) is 0 Å². The van der Waals surface area contributed by atoms with Crippen molar-refractivity contribution in [2.24, 2.45) is 0 Å². The number of halogens is 1. The van der Waals surface area contributed by atoms with E-state index in [0.29, 0.717) is 24.2 Å². The molecule has 1 aliphatic heterocycles. The van der Waals surface area contributed by atoms with E-state index in [1.807, 2.05) is 17.9 Å². The van der Waals surface area contributed by atoms with Crippen molar-refractivity contribution in [1.29, 1.82) is 5.26 Å². The number of nitrogens with zero attached hydrogens (tertiary/aromatic N) is 2. The second kappa shape index (κ2) is 4.11. The number of anilines is 1. The van der Waals surface area contributed by atoms with Crippen LogP contribution in [0.1, 0.15) is 18.9 Å². The van der Waals surface area contributed by atoms with Crippen LogP contribution >= 0.6 is 0 Å². The predicted octanol–water partition coefficient (Wildman–Crippen LogP) is 1.66. The number of benzene rings is 1. The molecule has 1 fully saturated rings. The molecule has 0 spiro atoms. The molecule has 0 aliphatic carbocycles.